The van der Waals surface area contributed by atoms with Gasteiger partial charge < -0.3 is 19.5 Å². The van der Waals surface area contributed by atoms with Crippen LogP contribution in [0.15, 0.2) is 78.9 Å². The van der Waals surface area contributed by atoms with Crippen LogP contribution in [-0.2, 0) is 11.2 Å². The number of anilines is 1. The zero-order valence-electron chi connectivity index (χ0n) is 19.2. The summed E-state index contributed by atoms with van der Waals surface area (Å²) < 4.78 is 16.3. The molecule has 7 heteroatoms. The van der Waals surface area contributed by atoms with Gasteiger partial charge in [-0.1, -0.05) is 36.4 Å². The standard InChI is InChI=1S/C27H28N2O4S/c1-31-24-16-10-21(19-25(24)32-2)11-17-26(30)29-27(34)28-22-12-14-23(15-13-22)33-18-6-9-20-7-4-3-5-8-20/h3-5,7-8,10-17,19H,6,9,18H2,1-2H3,(H2,28,29,30,34)/b17-11+. The van der Waals surface area contributed by atoms with E-state index in [0.29, 0.717) is 18.1 Å². The lowest BCUT2D eigenvalue weighted by Gasteiger charge is -2.10. The number of amides is 1. The summed E-state index contributed by atoms with van der Waals surface area (Å²) in [6.45, 7) is 0.641. The molecule has 6 nitrogen and oxygen atoms in total. The summed E-state index contributed by atoms with van der Waals surface area (Å²) >= 11 is 5.24. The molecule has 34 heavy (non-hydrogen) atoms. The predicted octanol–water partition coefficient (Wildman–Crippen LogP) is 5.24. The van der Waals surface area contributed by atoms with E-state index in [-0.39, 0.29) is 11.0 Å². The number of thiocarbonyl (C=S) groups is 1. The van der Waals surface area contributed by atoms with Gasteiger partial charge >= 0.3 is 0 Å². The van der Waals surface area contributed by atoms with Crippen LogP contribution >= 0.6 is 12.2 Å². The Bertz CT molecular complexity index is 1120. The van der Waals surface area contributed by atoms with Gasteiger partial charge in [-0.05, 0) is 78.7 Å². The van der Waals surface area contributed by atoms with Gasteiger partial charge in [0, 0.05) is 11.8 Å². The molecule has 0 saturated heterocycles. The number of hydrogen-bond donors (Lipinski definition) is 2. The first-order chi connectivity index (χ1) is 16.6. The van der Waals surface area contributed by atoms with Crippen molar-refractivity contribution in [1.82, 2.24) is 5.32 Å². The Kier molecular flexibility index (Phi) is 9.49. The minimum atomic E-state index is -0.342. The van der Waals surface area contributed by atoms with Gasteiger partial charge in [-0.3, -0.25) is 10.1 Å². The molecule has 3 aromatic rings. The first kappa shape index (κ1) is 24.8. The molecule has 1 amide bonds. The maximum absolute atomic E-state index is 12.2. The Morgan fingerprint density at radius 2 is 1.68 bits per heavy atom. The fourth-order valence-corrected chi connectivity index (χ4v) is 3.41. The third-order valence-electron chi connectivity index (χ3n) is 4.91. The SMILES string of the molecule is COc1ccc(/C=C/C(=O)NC(=S)Nc2ccc(OCCCc3ccccc3)cc2)cc1OC. The summed E-state index contributed by atoms with van der Waals surface area (Å²) in [5.41, 5.74) is 2.86. The zero-order valence-corrected chi connectivity index (χ0v) is 20.1. The van der Waals surface area contributed by atoms with Crippen LogP contribution in [0.5, 0.6) is 17.2 Å². The van der Waals surface area contributed by atoms with Crippen LogP contribution < -0.4 is 24.8 Å². The Balaban J connectivity index is 1.41. The summed E-state index contributed by atoms with van der Waals surface area (Å²) in [6.07, 6.45) is 5.00. The van der Waals surface area contributed by atoms with Crippen LogP contribution in [-0.4, -0.2) is 31.8 Å². The number of benzene rings is 3. The molecule has 0 radical (unpaired) electrons. The summed E-state index contributed by atoms with van der Waals surface area (Å²) in [6, 6.07) is 23.2. The third kappa shape index (κ3) is 7.94. The highest BCUT2D eigenvalue weighted by Crippen LogP contribution is 2.27. The van der Waals surface area contributed by atoms with Crippen LogP contribution in [0.3, 0.4) is 0 Å². The number of hydrogen-bond acceptors (Lipinski definition) is 5. The number of ether oxygens (including phenoxy) is 3. The molecular weight excluding hydrogens is 448 g/mol. The molecule has 0 atom stereocenters. The maximum atomic E-state index is 12.2. The van der Waals surface area contributed by atoms with Gasteiger partial charge in [-0.25, -0.2) is 0 Å². The average molecular weight is 477 g/mol. The summed E-state index contributed by atoms with van der Waals surface area (Å²) in [5.74, 6) is 1.65. The first-order valence-corrected chi connectivity index (χ1v) is 11.3. The molecule has 0 heterocycles. The Morgan fingerprint density at radius 1 is 0.941 bits per heavy atom. The third-order valence-corrected chi connectivity index (χ3v) is 5.11. The highest BCUT2D eigenvalue weighted by molar-refractivity contribution is 7.80. The lowest BCUT2D eigenvalue weighted by molar-refractivity contribution is -0.115. The van der Waals surface area contributed by atoms with Crippen LogP contribution in [0.2, 0.25) is 0 Å². The molecule has 0 bridgehead atoms. The molecule has 0 aliphatic heterocycles. The van der Waals surface area contributed by atoms with E-state index < -0.39 is 0 Å². The van der Waals surface area contributed by atoms with E-state index in [1.807, 2.05) is 48.5 Å². The van der Waals surface area contributed by atoms with E-state index >= 15 is 0 Å². The number of carbonyl (C=O) groups excluding carboxylic acids is 1. The van der Waals surface area contributed by atoms with Gasteiger partial charge in [0.05, 0.1) is 20.8 Å². The van der Waals surface area contributed by atoms with E-state index in [1.165, 1.54) is 11.6 Å². The van der Waals surface area contributed by atoms with Gasteiger partial charge in [0.25, 0.3) is 0 Å². The molecule has 3 rings (SSSR count). The molecule has 2 N–H and O–H groups in total. The van der Waals surface area contributed by atoms with Crippen molar-refractivity contribution < 1.29 is 19.0 Å². The monoisotopic (exact) mass is 476 g/mol. The largest absolute Gasteiger partial charge is 0.494 e. The molecule has 0 unspecified atom stereocenters. The molecular formula is C27H28N2O4S. The van der Waals surface area contributed by atoms with Crippen molar-refractivity contribution in [3.05, 3.63) is 90.0 Å². The van der Waals surface area contributed by atoms with E-state index in [4.69, 9.17) is 26.4 Å². The fraction of sp³-hybridized carbons (Fsp3) is 0.185. The van der Waals surface area contributed by atoms with Crippen molar-refractivity contribution in [1.29, 1.82) is 0 Å². The summed E-state index contributed by atoms with van der Waals surface area (Å²) in [7, 11) is 3.13. The molecule has 0 spiro atoms. The van der Waals surface area contributed by atoms with Crippen LogP contribution in [0, 0.1) is 0 Å². The van der Waals surface area contributed by atoms with Gasteiger partial charge in [-0.15, -0.1) is 0 Å². The van der Waals surface area contributed by atoms with E-state index in [0.717, 1.165) is 29.8 Å². The number of rotatable bonds is 10. The van der Waals surface area contributed by atoms with Crippen LogP contribution in [0.1, 0.15) is 17.5 Å². The Morgan fingerprint density at radius 3 is 2.38 bits per heavy atom. The predicted molar refractivity (Wildman–Crippen MR) is 140 cm³/mol. The van der Waals surface area contributed by atoms with Crippen molar-refractivity contribution in [2.75, 3.05) is 26.1 Å². The van der Waals surface area contributed by atoms with Gasteiger partial charge in [0.1, 0.15) is 5.75 Å². The highest BCUT2D eigenvalue weighted by atomic mass is 32.1. The molecule has 176 valence electrons. The lowest BCUT2D eigenvalue weighted by atomic mass is 10.1. The second kappa shape index (κ2) is 13.0. The molecule has 0 aromatic heterocycles. The van der Waals surface area contributed by atoms with Crippen molar-refractivity contribution in [2.45, 2.75) is 12.8 Å². The van der Waals surface area contributed by atoms with E-state index in [2.05, 4.69) is 22.8 Å². The van der Waals surface area contributed by atoms with Gasteiger partial charge in [0.2, 0.25) is 5.91 Å². The second-order valence-electron chi connectivity index (χ2n) is 7.35. The Labute approximate surface area is 205 Å². The fourth-order valence-electron chi connectivity index (χ4n) is 3.19. The minimum Gasteiger partial charge on any atom is -0.494 e. The van der Waals surface area contributed by atoms with E-state index in [1.54, 1.807) is 32.4 Å². The molecule has 0 aliphatic rings. The van der Waals surface area contributed by atoms with Crippen molar-refractivity contribution in [3.8, 4) is 17.2 Å². The first-order valence-electron chi connectivity index (χ1n) is 10.9. The Hall–Kier alpha value is -3.84. The lowest BCUT2D eigenvalue weighted by Crippen LogP contribution is -2.32. The second-order valence-corrected chi connectivity index (χ2v) is 7.76. The topological polar surface area (TPSA) is 68.8 Å². The van der Waals surface area contributed by atoms with Gasteiger partial charge in [-0.2, -0.15) is 0 Å². The number of aryl methyl sites for hydroxylation is 1. The molecule has 3 aromatic carbocycles. The van der Waals surface area contributed by atoms with Crippen molar-refractivity contribution >= 4 is 35.0 Å². The normalized spacial score (nSPS) is 10.5. The van der Waals surface area contributed by atoms with Crippen molar-refractivity contribution in [2.24, 2.45) is 0 Å². The number of methoxy groups -OCH3 is 2. The highest BCUT2D eigenvalue weighted by Gasteiger charge is 2.05. The zero-order chi connectivity index (χ0) is 24.2. The number of carbonyl (C=O) groups is 1. The van der Waals surface area contributed by atoms with Crippen LogP contribution in [0.25, 0.3) is 6.08 Å². The molecule has 0 fully saturated rings. The smallest absolute Gasteiger partial charge is 0.250 e. The van der Waals surface area contributed by atoms with Crippen molar-refractivity contribution in [3.63, 3.8) is 0 Å². The maximum Gasteiger partial charge on any atom is 0.250 e. The average Bonchev–Trinajstić information content (AvgIpc) is 2.86. The van der Waals surface area contributed by atoms with Gasteiger partial charge in [0.15, 0.2) is 16.6 Å². The van der Waals surface area contributed by atoms with E-state index in [9.17, 15) is 4.79 Å². The summed E-state index contributed by atoms with van der Waals surface area (Å²) in [5, 5.41) is 5.83. The van der Waals surface area contributed by atoms with Crippen LogP contribution in [0.4, 0.5) is 5.69 Å². The quantitative estimate of drug-likeness (QED) is 0.237. The molecule has 0 aliphatic carbocycles. The molecule has 0 saturated carbocycles. The number of nitrogens with one attached hydrogen (secondary N) is 2. The minimum absolute atomic E-state index is 0.207. The summed E-state index contributed by atoms with van der Waals surface area (Å²) in [4.78, 5) is 12.2.